The largest absolute Gasteiger partial charge is 0.269 e. The summed E-state index contributed by atoms with van der Waals surface area (Å²) in [5.74, 6) is -0.490. The van der Waals surface area contributed by atoms with Crippen molar-refractivity contribution < 1.29 is 9.59 Å². The van der Waals surface area contributed by atoms with Gasteiger partial charge in [0.1, 0.15) is 0 Å². The van der Waals surface area contributed by atoms with Crippen molar-refractivity contribution in [1.29, 1.82) is 0 Å². The summed E-state index contributed by atoms with van der Waals surface area (Å²) < 4.78 is 0. The van der Waals surface area contributed by atoms with E-state index in [4.69, 9.17) is 0 Å². The number of imide groups is 1. The number of hydrogen-bond donors (Lipinski definition) is 0. The lowest BCUT2D eigenvalue weighted by atomic mass is 9.99. The van der Waals surface area contributed by atoms with Crippen LogP contribution in [0.3, 0.4) is 0 Å². The predicted octanol–water partition coefficient (Wildman–Crippen LogP) is 2.83. The number of fused-ring (bicyclic) bond motifs is 1. The summed E-state index contributed by atoms with van der Waals surface area (Å²) >= 11 is 0. The third kappa shape index (κ3) is 1.83. The van der Waals surface area contributed by atoms with E-state index >= 15 is 0 Å². The zero-order valence-corrected chi connectivity index (χ0v) is 10.5. The van der Waals surface area contributed by atoms with Crippen LogP contribution < -0.4 is 0 Å². The average molecular weight is 251 g/mol. The van der Waals surface area contributed by atoms with E-state index in [1.807, 2.05) is 49.4 Å². The Morgan fingerprint density at radius 3 is 2.26 bits per heavy atom. The van der Waals surface area contributed by atoms with E-state index in [1.54, 1.807) is 0 Å². The third-order valence-corrected chi connectivity index (χ3v) is 3.50. The molecule has 0 aromatic heterocycles. The van der Waals surface area contributed by atoms with E-state index in [2.05, 4.69) is 0 Å². The lowest BCUT2D eigenvalue weighted by molar-refractivity contribution is -0.139. The van der Waals surface area contributed by atoms with E-state index in [0.29, 0.717) is 0 Å². The highest BCUT2D eigenvalue weighted by Gasteiger charge is 2.29. The normalized spacial score (nSPS) is 16.4. The number of rotatable bonds is 2. The Kier molecular flexibility index (Phi) is 2.67. The molecule has 0 spiro atoms. The van der Waals surface area contributed by atoms with Crippen molar-refractivity contribution in [3.8, 4) is 0 Å². The van der Waals surface area contributed by atoms with Gasteiger partial charge in [-0.3, -0.25) is 14.5 Å². The lowest BCUT2D eigenvalue weighted by Gasteiger charge is -2.24. The molecular formula is C16H13NO2. The van der Waals surface area contributed by atoms with Crippen LogP contribution in [0.15, 0.2) is 54.6 Å². The molecule has 3 heteroatoms. The molecule has 0 saturated heterocycles. The van der Waals surface area contributed by atoms with Crippen LogP contribution in [-0.2, 0) is 9.59 Å². The number of carbonyl (C=O) groups excluding carboxylic acids is 2. The number of hydrogen-bond acceptors (Lipinski definition) is 2. The van der Waals surface area contributed by atoms with Crippen molar-refractivity contribution in [2.24, 2.45) is 0 Å². The van der Waals surface area contributed by atoms with Gasteiger partial charge in [0.15, 0.2) is 0 Å². The van der Waals surface area contributed by atoms with Gasteiger partial charge in [0.25, 0.3) is 11.8 Å². The van der Waals surface area contributed by atoms with Crippen LogP contribution in [0, 0.1) is 0 Å². The Balaban J connectivity index is 2.10. The van der Waals surface area contributed by atoms with Crippen LogP contribution in [0.5, 0.6) is 0 Å². The second-order valence-corrected chi connectivity index (χ2v) is 4.62. The molecule has 0 bridgehead atoms. The molecule has 19 heavy (non-hydrogen) atoms. The van der Waals surface area contributed by atoms with Gasteiger partial charge in [0.2, 0.25) is 0 Å². The molecule has 0 fully saturated rings. The first-order valence-electron chi connectivity index (χ1n) is 6.21. The van der Waals surface area contributed by atoms with Crippen molar-refractivity contribution in [2.45, 2.75) is 13.0 Å². The van der Waals surface area contributed by atoms with Crippen LogP contribution in [0.4, 0.5) is 0 Å². The Bertz CT molecular complexity index is 679. The summed E-state index contributed by atoms with van der Waals surface area (Å²) in [7, 11) is 0. The molecule has 1 aliphatic heterocycles. The SMILES string of the molecule is C[C@@H](c1cccc2ccccc12)N1C(=O)C=CC1=O. The van der Waals surface area contributed by atoms with E-state index in [-0.39, 0.29) is 17.9 Å². The van der Waals surface area contributed by atoms with E-state index < -0.39 is 0 Å². The predicted molar refractivity (Wildman–Crippen MR) is 73.4 cm³/mol. The quantitative estimate of drug-likeness (QED) is 0.770. The summed E-state index contributed by atoms with van der Waals surface area (Å²) in [4.78, 5) is 24.8. The van der Waals surface area contributed by atoms with Gasteiger partial charge in [0, 0.05) is 12.2 Å². The molecule has 0 saturated carbocycles. The fourth-order valence-electron chi connectivity index (χ4n) is 2.55. The minimum absolute atomic E-state index is 0.245. The first kappa shape index (κ1) is 11.7. The zero-order valence-electron chi connectivity index (χ0n) is 10.5. The summed E-state index contributed by atoms with van der Waals surface area (Å²) in [6, 6.07) is 13.7. The highest BCUT2D eigenvalue weighted by molar-refractivity contribution is 6.13. The van der Waals surface area contributed by atoms with Crippen molar-refractivity contribution >= 4 is 22.6 Å². The van der Waals surface area contributed by atoms with Gasteiger partial charge in [-0.2, -0.15) is 0 Å². The van der Waals surface area contributed by atoms with Gasteiger partial charge in [-0.05, 0) is 23.3 Å². The summed E-state index contributed by atoms with van der Waals surface area (Å²) in [5.41, 5.74) is 0.989. The lowest BCUT2D eigenvalue weighted by Crippen LogP contribution is -2.32. The zero-order chi connectivity index (χ0) is 13.4. The van der Waals surface area contributed by atoms with Crippen LogP contribution in [0.25, 0.3) is 10.8 Å². The number of carbonyl (C=O) groups is 2. The Morgan fingerprint density at radius 1 is 0.895 bits per heavy atom. The number of amides is 2. The molecule has 0 radical (unpaired) electrons. The second kappa shape index (κ2) is 4.35. The van der Waals surface area contributed by atoms with E-state index in [0.717, 1.165) is 16.3 Å². The number of benzene rings is 2. The van der Waals surface area contributed by atoms with Crippen molar-refractivity contribution in [3.05, 3.63) is 60.2 Å². The fourth-order valence-corrected chi connectivity index (χ4v) is 2.55. The molecule has 94 valence electrons. The molecule has 0 aliphatic carbocycles. The van der Waals surface area contributed by atoms with Crippen molar-refractivity contribution in [3.63, 3.8) is 0 Å². The summed E-state index contributed by atoms with van der Waals surface area (Å²) in [6.45, 7) is 1.88. The monoisotopic (exact) mass is 251 g/mol. The van der Waals surface area contributed by atoms with Crippen LogP contribution >= 0.6 is 0 Å². The Labute approximate surface area is 111 Å². The van der Waals surface area contributed by atoms with Gasteiger partial charge >= 0.3 is 0 Å². The molecular weight excluding hydrogens is 238 g/mol. The molecule has 3 nitrogen and oxygen atoms in total. The standard InChI is InChI=1S/C16H13NO2/c1-11(17-15(18)9-10-16(17)19)13-8-4-6-12-5-2-3-7-14(12)13/h2-11H,1H3/t11-/m0/s1. The Hall–Kier alpha value is -2.42. The fraction of sp³-hybridized carbons (Fsp3) is 0.125. The smallest absolute Gasteiger partial charge is 0.254 e. The molecule has 2 amide bonds. The average Bonchev–Trinajstić information content (AvgIpc) is 2.77. The maximum atomic E-state index is 11.8. The molecule has 1 atom stereocenters. The first-order chi connectivity index (χ1) is 9.18. The maximum Gasteiger partial charge on any atom is 0.254 e. The molecule has 1 heterocycles. The van der Waals surface area contributed by atoms with Gasteiger partial charge in [-0.15, -0.1) is 0 Å². The summed E-state index contributed by atoms with van der Waals surface area (Å²) in [6.07, 6.45) is 2.65. The minimum atomic E-state index is -0.263. The topological polar surface area (TPSA) is 37.4 Å². The van der Waals surface area contributed by atoms with Gasteiger partial charge in [0.05, 0.1) is 6.04 Å². The first-order valence-corrected chi connectivity index (χ1v) is 6.21. The van der Waals surface area contributed by atoms with Gasteiger partial charge < -0.3 is 0 Å². The van der Waals surface area contributed by atoms with Gasteiger partial charge in [-0.1, -0.05) is 42.5 Å². The maximum absolute atomic E-state index is 11.8. The molecule has 2 aromatic rings. The minimum Gasteiger partial charge on any atom is -0.269 e. The molecule has 1 aliphatic rings. The summed E-state index contributed by atoms with van der Waals surface area (Å²) in [5, 5.41) is 2.18. The van der Waals surface area contributed by atoms with E-state index in [9.17, 15) is 9.59 Å². The van der Waals surface area contributed by atoms with Crippen molar-refractivity contribution in [2.75, 3.05) is 0 Å². The Morgan fingerprint density at radius 2 is 1.53 bits per heavy atom. The van der Waals surface area contributed by atoms with Crippen LogP contribution in [0.1, 0.15) is 18.5 Å². The van der Waals surface area contributed by atoms with Crippen LogP contribution in [-0.4, -0.2) is 16.7 Å². The molecule has 3 rings (SSSR count). The second-order valence-electron chi connectivity index (χ2n) is 4.62. The van der Waals surface area contributed by atoms with E-state index in [1.165, 1.54) is 17.1 Å². The van der Waals surface area contributed by atoms with Crippen LogP contribution in [0.2, 0.25) is 0 Å². The number of nitrogens with zero attached hydrogens (tertiary/aromatic N) is 1. The van der Waals surface area contributed by atoms with Gasteiger partial charge in [-0.25, -0.2) is 0 Å². The highest BCUT2D eigenvalue weighted by Crippen LogP contribution is 2.29. The molecule has 0 unspecified atom stereocenters. The molecule has 0 N–H and O–H groups in total. The van der Waals surface area contributed by atoms with Crippen molar-refractivity contribution in [1.82, 2.24) is 4.90 Å². The third-order valence-electron chi connectivity index (χ3n) is 3.50. The highest BCUT2D eigenvalue weighted by atomic mass is 16.2. The molecule has 2 aromatic carbocycles.